The van der Waals surface area contributed by atoms with E-state index in [9.17, 15) is 0 Å². The summed E-state index contributed by atoms with van der Waals surface area (Å²) in [5.41, 5.74) is 5.50. The first-order chi connectivity index (χ1) is 6.79. The highest BCUT2D eigenvalue weighted by Gasteiger charge is 2.01. The largest absolute Gasteiger partial charge is 0.357 e. The molecule has 3 heteroatoms. The normalized spacial score (nSPS) is 11.4. The van der Waals surface area contributed by atoms with Gasteiger partial charge in [-0.1, -0.05) is 18.2 Å². The van der Waals surface area contributed by atoms with E-state index >= 15 is 0 Å². The third kappa shape index (κ3) is 1.78. The van der Waals surface area contributed by atoms with Crippen LogP contribution in [0.2, 0.25) is 0 Å². The smallest absolute Gasteiger partial charge is 0.0529 e. The average molecular weight is 189 g/mol. The summed E-state index contributed by atoms with van der Waals surface area (Å²) in [4.78, 5) is 3.38. The van der Waals surface area contributed by atoms with Gasteiger partial charge in [0, 0.05) is 18.3 Å². The molecule has 3 nitrogen and oxygen atoms in total. The molecule has 74 valence electrons. The fourth-order valence-corrected chi connectivity index (χ4v) is 1.55. The lowest BCUT2D eigenvalue weighted by atomic mass is 10.2. The summed E-state index contributed by atoms with van der Waals surface area (Å²) >= 11 is 0. The Kier molecular flexibility index (Phi) is 2.52. The third-order valence-electron chi connectivity index (χ3n) is 2.37. The summed E-state index contributed by atoms with van der Waals surface area (Å²) in [6.45, 7) is 0.880. The highest BCUT2D eigenvalue weighted by atomic mass is 15.5. The zero-order chi connectivity index (χ0) is 9.97. The Morgan fingerprint density at radius 2 is 2.14 bits per heavy atom. The molecule has 14 heavy (non-hydrogen) atoms. The van der Waals surface area contributed by atoms with Gasteiger partial charge in [0.05, 0.1) is 6.54 Å². The van der Waals surface area contributed by atoms with Gasteiger partial charge in [0.15, 0.2) is 0 Å². The molecule has 1 aromatic heterocycles. The van der Waals surface area contributed by atoms with E-state index < -0.39 is 0 Å². The van der Waals surface area contributed by atoms with E-state index in [1.54, 1.807) is 0 Å². The van der Waals surface area contributed by atoms with E-state index in [-0.39, 0.29) is 0 Å². The molecule has 0 saturated carbocycles. The summed E-state index contributed by atoms with van der Waals surface area (Å²) in [5, 5.41) is 3.30. The molecule has 0 radical (unpaired) electrons. The van der Waals surface area contributed by atoms with Gasteiger partial charge >= 0.3 is 0 Å². The zero-order valence-electron chi connectivity index (χ0n) is 8.54. The Balaban J connectivity index is 2.27. The number of aromatic amines is 1. The molecule has 0 amide bonds. The van der Waals surface area contributed by atoms with Gasteiger partial charge in [0.25, 0.3) is 0 Å². The number of nitrogens with one attached hydrogen (secondary N) is 2. The molecule has 1 aromatic carbocycles. The third-order valence-corrected chi connectivity index (χ3v) is 2.37. The van der Waals surface area contributed by atoms with Crippen LogP contribution in [-0.2, 0) is 6.54 Å². The van der Waals surface area contributed by atoms with Crippen LogP contribution in [0.5, 0.6) is 0 Å². The number of hydrazine groups is 1. The highest BCUT2D eigenvalue weighted by molar-refractivity contribution is 5.80. The van der Waals surface area contributed by atoms with Crippen molar-refractivity contribution < 1.29 is 0 Å². The van der Waals surface area contributed by atoms with Crippen LogP contribution in [0.1, 0.15) is 5.69 Å². The fraction of sp³-hybridized carbons (Fsp3) is 0.273. The molecule has 0 fully saturated rings. The number of fused-ring (bicyclic) bond motifs is 1. The minimum Gasteiger partial charge on any atom is -0.357 e. The number of H-pyrrole nitrogens is 1. The van der Waals surface area contributed by atoms with Gasteiger partial charge in [-0.15, -0.1) is 0 Å². The van der Waals surface area contributed by atoms with Crippen molar-refractivity contribution in [1.29, 1.82) is 0 Å². The van der Waals surface area contributed by atoms with Crippen LogP contribution in [0.4, 0.5) is 0 Å². The van der Waals surface area contributed by atoms with Crippen molar-refractivity contribution in [3.63, 3.8) is 0 Å². The molecule has 0 aliphatic rings. The topological polar surface area (TPSA) is 31.1 Å². The second kappa shape index (κ2) is 3.82. The zero-order valence-corrected chi connectivity index (χ0v) is 8.54. The number of nitrogens with zero attached hydrogens (tertiary/aromatic N) is 1. The van der Waals surface area contributed by atoms with Crippen molar-refractivity contribution in [2.45, 2.75) is 6.54 Å². The van der Waals surface area contributed by atoms with Gasteiger partial charge < -0.3 is 4.98 Å². The minimum absolute atomic E-state index is 0.880. The van der Waals surface area contributed by atoms with E-state index in [0.29, 0.717) is 0 Å². The van der Waals surface area contributed by atoms with Gasteiger partial charge in [0.2, 0.25) is 0 Å². The monoisotopic (exact) mass is 189 g/mol. The number of para-hydroxylation sites is 1. The summed E-state index contributed by atoms with van der Waals surface area (Å²) in [6, 6.07) is 10.5. The molecule has 0 saturated heterocycles. The van der Waals surface area contributed by atoms with Crippen molar-refractivity contribution in [2.24, 2.45) is 0 Å². The number of hydrogen-bond donors (Lipinski definition) is 2. The van der Waals surface area contributed by atoms with Crippen LogP contribution >= 0.6 is 0 Å². The molecule has 0 unspecified atom stereocenters. The van der Waals surface area contributed by atoms with E-state index in [1.807, 2.05) is 25.2 Å². The van der Waals surface area contributed by atoms with Crippen molar-refractivity contribution in [1.82, 2.24) is 15.4 Å². The summed E-state index contributed by atoms with van der Waals surface area (Å²) in [7, 11) is 3.94. The second-order valence-electron chi connectivity index (χ2n) is 3.46. The first-order valence-corrected chi connectivity index (χ1v) is 4.75. The van der Waals surface area contributed by atoms with Gasteiger partial charge in [-0.3, -0.25) is 5.43 Å². The van der Waals surface area contributed by atoms with Gasteiger partial charge in [-0.05, 0) is 24.6 Å². The van der Waals surface area contributed by atoms with Crippen LogP contribution < -0.4 is 5.43 Å². The van der Waals surface area contributed by atoms with E-state index in [0.717, 1.165) is 6.54 Å². The molecular formula is C11H15N3. The Bertz CT molecular complexity index is 386. The standard InChI is InChI=1S/C11H15N3/c1-12-14(2)8-10-7-9-5-3-4-6-11(9)13-10/h3-7,12-13H,8H2,1-2H3. The maximum atomic E-state index is 3.38. The molecule has 0 aliphatic carbocycles. The van der Waals surface area contributed by atoms with Crippen LogP contribution in [0, 0.1) is 0 Å². The Morgan fingerprint density at radius 3 is 2.86 bits per heavy atom. The molecule has 2 N–H and O–H groups in total. The van der Waals surface area contributed by atoms with Crippen LogP contribution in [0.3, 0.4) is 0 Å². The highest BCUT2D eigenvalue weighted by Crippen LogP contribution is 2.14. The predicted octanol–water partition coefficient (Wildman–Crippen LogP) is 1.73. The summed E-state index contributed by atoms with van der Waals surface area (Å²) in [5.74, 6) is 0. The number of benzene rings is 1. The molecule has 0 spiro atoms. The number of hydrogen-bond acceptors (Lipinski definition) is 2. The van der Waals surface area contributed by atoms with Crippen molar-refractivity contribution in [3.05, 3.63) is 36.0 Å². The Labute approximate surface area is 83.7 Å². The lowest BCUT2D eigenvalue weighted by molar-refractivity contribution is 0.249. The maximum Gasteiger partial charge on any atom is 0.0529 e. The Hall–Kier alpha value is -1.32. The van der Waals surface area contributed by atoms with Gasteiger partial charge in [-0.2, -0.15) is 0 Å². The maximum absolute atomic E-state index is 3.38. The van der Waals surface area contributed by atoms with Crippen LogP contribution in [-0.4, -0.2) is 24.1 Å². The molecule has 2 aromatic rings. The SMILES string of the molecule is CNN(C)Cc1cc2ccccc2[nH]1. The summed E-state index contributed by atoms with van der Waals surface area (Å²) < 4.78 is 0. The second-order valence-corrected chi connectivity index (χ2v) is 3.46. The molecule has 1 heterocycles. The molecule has 0 aliphatic heterocycles. The number of aromatic nitrogens is 1. The average Bonchev–Trinajstić information content (AvgIpc) is 2.59. The van der Waals surface area contributed by atoms with Crippen molar-refractivity contribution in [2.75, 3.05) is 14.1 Å². The van der Waals surface area contributed by atoms with Crippen molar-refractivity contribution in [3.8, 4) is 0 Å². The van der Waals surface area contributed by atoms with E-state index in [1.165, 1.54) is 16.6 Å². The lowest BCUT2D eigenvalue weighted by Crippen LogP contribution is -2.29. The molecule has 0 atom stereocenters. The Morgan fingerprint density at radius 1 is 1.36 bits per heavy atom. The molecule has 0 bridgehead atoms. The molecule has 2 rings (SSSR count). The van der Waals surface area contributed by atoms with E-state index in [2.05, 4.69) is 34.7 Å². The van der Waals surface area contributed by atoms with E-state index in [4.69, 9.17) is 0 Å². The predicted molar refractivity (Wildman–Crippen MR) is 58.8 cm³/mol. The van der Waals surface area contributed by atoms with Crippen molar-refractivity contribution >= 4 is 10.9 Å². The van der Waals surface area contributed by atoms with Crippen LogP contribution in [0.25, 0.3) is 10.9 Å². The summed E-state index contributed by atoms with van der Waals surface area (Å²) in [6.07, 6.45) is 0. The first-order valence-electron chi connectivity index (χ1n) is 4.75. The minimum atomic E-state index is 0.880. The fourth-order valence-electron chi connectivity index (χ4n) is 1.55. The number of rotatable bonds is 3. The molecular weight excluding hydrogens is 174 g/mol. The first kappa shape index (κ1) is 9.24. The quantitative estimate of drug-likeness (QED) is 0.720. The van der Waals surface area contributed by atoms with Gasteiger partial charge in [-0.25, -0.2) is 5.01 Å². The lowest BCUT2D eigenvalue weighted by Gasteiger charge is -2.12. The van der Waals surface area contributed by atoms with Crippen LogP contribution in [0.15, 0.2) is 30.3 Å². The van der Waals surface area contributed by atoms with Gasteiger partial charge in [0.1, 0.15) is 0 Å².